The number of likely N-dealkylation sites (tertiary alicyclic amines) is 1. The SMILES string of the molecule is CC(C)(C)OC(=O)N[C@@H](CC1CCC1)C(=O)N1C[C@H](C(F)(F)F)C[C@H]1C(=O)N[C@@H](C[C@@H]1CCNC1=O)C(N)=O. The molecule has 2 saturated heterocycles. The number of alkyl halides is 3. The van der Waals surface area contributed by atoms with Gasteiger partial charge in [-0.1, -0.05) is 19.3 Å². The third kappa shape index (κ3) is 8.21. The lowest BCUT2D eigenvalue weighted by molar-refractivity contribution is -0.171. The Labute approximate surface area is 225 Å². The van der Waals surface area contributed by atoms with E-state index in [9.17, 15) is 37.1 Å². The van der Waals surface area contributed by atoms with Gasteiger partial charge in [0.05, 0.1) is 5.92 Å². The van der Waals surface area contributed by atoms with Crippen LogP contribution in [0.4, 0.5) is 18.0 Å². The topological polar surface area (TPSA) is 160 Å². The van der Waals surface area contributed by atoms with Crippen molar-refractivity contribution in [2.24, 2.45) is 23.5 Å². The van der Waals surface area contributed by atoms with Gasteiger partial charge in [-0.05, 0) is 52.4 Å². The minimum Gasteiger partial charge on any atom is -0.444 e. The second-order valence-corrected chi connectivity index (χ2v) is 11.7. The van der Waals surface area contributed by atoms with Crippen molar-refractivity contribution >= 4 is 29.7 Å². The summed E-state index contributed by atoms with van der Waals surface area (Å²) in [5, 5.41) is 7.47. The highest BCUT2D eigenvalue weighted by molar-refractivity contribution is 5.94. The van der Waals surface area contributed by atoms with E-state index in [1.54, 1.807) is 20.8 Å². The Morgan fingerprint density at radius 1 is 1.08 bits per heavy atom. The van der Waals surface area contributed by atoms with Gasteiger partial charge in [0.2, 0.25) is 23.6 Å². The summed E-state index contributed by atoms with van der Waals surface area (Å²) in [7, 11) is 0. The van der Waals surface area contributed by atoms with Crippen molar-refractivity contribution < 1.29 is 41.9 Å². The molecule has 5 amide bonds. The fourth-order valence-electron chi connectivity index (χ4n) is 5.17. The monoisotopic (exact) mass is 561 g/mol. The van der Waals surface area contributed by atoms with Crippen molar-refractivity contribution in [1.82, 2.24) is 20.9 Å². The summed E-state index contributed by atoms with van der Waals surface area (Å²) in [6, 6.07) is -4.05. The molecule has 2 heterocycles. The Bertz CT molecular complexity index is 965. The predicted molar refractivity (Wildman–Crippen MR) is 132 cm³/mol. The Morgan fingerprint density at radius 2 is 1.74 bits per heavy atom. The molecular formula is C25H38F3N5O6. The number of hydrogen-bond donors (Lipinski definition) is 4. The maximum atomic E-state index is 13.7. The first-order valence-corrected chi connectivity index (χ1v) is 13.3. The van der Waals surface area contributed by atoms with Crippen LogP contribution in [0, 0.1) is 17.8 Å². The quantitative estimate of drug-likeness (QED) is 0.332. The maximum absolute atomic E-state index is 13.7. The van der Waals surface area contributed by atoms with E-state index in [1.807, 2.05) is 0 Å². The summed E-state index contributed by atoms with van der Waals surface area (Å²) in [6.45, 7) is 4.52. The summed E-state index contributed by atoms with van der Waals surface area (Å²) in [4.78, 5) is 64.1. The molecule has 0 aromatic rings. The number of hydrogen-bond acceptors (Lipinski definition) is 6. The van der Waals surface area contributed by atoms with Crippen molar-refractivity contribution in [1.29, 1.82) is 0 Å². The molecule has 0 aromatic carbocycles. The molecule has 3 fully saturated rings. The van der Waals surface area contributed by atoms with Crippen LogP contribution in [-0.2, 0) is 23.9 Å². The Balaban J connectivity index is 1.80. The van der Waals surface area contributed by atoms with Crippen molar-refractivity contribution in [2.45, 2.75) is 95.6 Å². The molecule has 5 N–H and O–H groups in total. The number of nitrogens with one attached hydrogen (secondary N) is 3. The first-order valence-electron chi connectivity index (χ1n) is 13.3. The number of carbonyl (C=O) groups is 5. The number of carbonyl (C=O) groups excluding carboxylic acids is 5. The standard InChI is InChI=1S/C25H38F3N5O6/c1-24(2,3)39-23(38)32-17(9-13-5-4-6-13)22(37)33-12-15(25(26,27)28)11-18(33)21(36)31-16(19(29)34)10-14-7-8-30-20(14)35/h13-18H,4-12H2,1-3H3,(H2,29,34)(H,30,35)(H,31,36)(H,32,38)/t14-,15+,16-,17-,18-/m0/s1. The molecule has 0 aromatic heterocycles. The number of nitrogens with two attached hydrogens (primary N) is 1. The molecule has 5 atom stereocenters. The van der Waals surface area contributed by atoms with E-state index in [0.717, 1.165) is 24.2 Å². The van der Waals surface area contributed by atoms with Crippen LogP contribution in [-0.4, -0.2) is 77.6 Å². The molecule has 3 rings (SSSR count). The van der Waals surface area contributed by atoms with Gasteiger partial charge in [0.15, 0.2) is 0 Å². The van der Waals surface area contributed by atoms with Crippen molar-refractivity contribution in [3.8, 4) is 0 Å². The van der Waals surface area contributed by atoms with Gasteiger partial charge in [0.1, 0.15) is 23.7 Å². The van der Waals surface area contributed by atoms with Gasteiger partial charge in [-0.25, -0.2) is 4.79 Å². The van der Waals surface area contributed by atoms with Crippen LogP contribution in [0.25, 0.3) is 0 Å². The summed E-state index contributed by atoms with van der Waals surface area (Å²) >= 11 is 0. The fourth-order valence-corrected chi connectivity index (χ4v) is 5.17. The van der Waals surface area contributed by atoms with Crippen molar-refractivity contribution in [3.63, 3.8) is 0 Å². The number of halogens is 3. The molecule has 0 spiro atoms. The number of primary amides is 1. The van der Waals surface area contributed by atoms with Crippen LogP contribution in [0.15, 0.2) is 0 Å². The van der Waals surface area contributed by atoms with E-state index in [4.69, 9.17) is 10.5 Å². The Kier molecular flexibility index (Phi) is 9.37. The highest BCUT2D eigenvalue weighted by atomic mass is 19.4. The third-order valence-corrected chi connectivity index (χ3v) is 7.48. The summed E-state index contributed by atoms with van der Waals surface area (Å²) in [5.74, 6) is -5.52. The Hall–Kier alpha value is -3.06. The van der Waals surface area contributed by atoms with Gasteiger partial charge in [0.25, 0.3) is 0 Å². The zero-order chi connectivity index (χ0) is 29.1. The molecule has 39 heavy (non-hydrogen) atoms. The van der Waals surface area contributed by atoms with Crippen LogP contribution in [0.1, 0.15) is 65.7 Å². The normalized spacial score (nSPS) is 25.3. The zero-order valence-corrected chi connectivity index (χ0v) is 22.4. The van der Waals surface area contributed by atoms with Crippen LogP contribution in [0.3, 0.4) is 0 Å². The first-order chi connectivity index (χ1) is 18.0. The van der Waals surface area contributed by atoms with Gasteiger partial charge in [-0.3, -0.25) is 19.2 Å². The van der Waals surface area contributed by atoms with Crippen molar-refractivity contribution in [2.75, 3.05) is 13.1 Å². The number of alkyl carbamates (subject to hydrolysis) is 1. The molecular weight excluding hydrogens is 523 g/mol. The average Bonchev–Trinajstić information content (AvgIpc) is 3.39. The van der Waals surface area contributed by atoms with E-state index in [1.165, 1.54) is 0 Å². The lowest BCUT2D eigenvalue weighted by Gasteiger charge is -2.34. The van der Waals surface area contributed by atoms with Crippen molar-refractivity contribution in [3.05, 3.63) is 0 Å². The van der Waals surface area contributed by atoms with E-state index in [-0.39, 0.29) is 24.7 Å². The maximum Gasteiger partial charge on any atom is 0.408 e. The zero-order valence-electron chi connectivity index (χ0n) is 22.4. The van der Waals surface area contributed by atoms with Gasteiger partial charge >= 0.3 is 12.3 Å². The van der Waals surface area contributed by atoms with Gasteiger partial charge in [0, 0.05) is 19.0 Å². The van der Waals surface area contributed by atoms with Gasteiger partial charge < -0.3 is 31.3 Å². The largest absolute Gasteiger partial charge is 0.444 e. The molecule has 2 aliphatic heterocycles. The lowest BCUT2D eigenvalue weighted by atomic mass is 9.80. The minimum absolute atomic E-state index is 0.0963. The summed E-state index contributed by atoms with van der Waals surface area (Å²) in [5.41, 5.74) is 4.55. The van der Waals surface area contributed by atoms with Crippen LogP contribution < -0.4 is 21.7 Å². The molecule has 1 saturated carbocycles. The van der Waals surface area contributed by atoms with Crippen LogP contribution in [0.5, 0.6) is 0 Å². The molecule has 0 bridgehead atoms. The number of amides is 5. The lowest BCUT2D eigenvalue weighted by Crippen LogP contribution is -2.57. The van der Waals surface area contributed by atoms with E-state index < -0.39 is 78.5 Å². The molecule has 220 valence electrons. The van der Waals surface area contributed by atoms with E-state index in [2.05, 4.69) is 16.0 Å². The number of nitrogens with zero attached hydrogens (tertiary/aromatic N) is 1. The predicted octanol–water partition coefficient (Wildman–Crippen LogP) is 1.35. The van der Waals surface area contributed by atoms with Gasteiger partial charge in [-0.2, -0.15) is 13.2 Å². The first kappa shape index (κ1) is 30.5. The second kappa shape index (κ2) is 12.0. The van der Waals surface area contributed by atoms with Crippen LogP contribution in [0.2, 0.25) is 0 Å². The highest BCUT2D eigenvalue weighted by Gasteiger charge is 2.52. The third-order valence-electron chi connectivity index (χ3n) is 7.48. The van der Waals surface area contributed by atoms with E-state index >= 15 is 0 Å². The average molecular weight is 562 g/mol. The molecule has 0 radical (unpaired) electrons. The van der Waals surface area contributed by atoms with Gasteiger partial charge in [-0.15, -0.1) is 0 Å². The number of ether oxygens (including phenoxy) is 1. The molecule has 14 heteroatoms. The van der Waals surface area contributed by atoms with E-state index in [0.29, 0.717) is 13.0 Å². The minimum atomic E-state index is -4.68. The molecule has 0 unspecified atom stereocenters. The van der Waals surface area contributed by atoms with Crippen LogP contribution >= 0.6 is 0 Å². The smallest absolute Gasteiger partial charge is 0.408 e. The summed E-state index contributed by atoms with van der Waals surface area (Å²) < 4.78 is 46.4. The Morgan fingerprint density at radius 3 is 2.23 bits per heavy atom. The molecule has 11 nitrogen and oxygen atoms in total. The second-order valence-electron chi connectivity index (χ2n) is 11.7. The highest BCUT2D eigenvalue weighted by Crippen LogP contribution is 2.38. The molecule has 3 aliphatic rings. The summed E-state index contributed by atoms with van der Waals surface area (Å²) in [6.07, 6.45) is -3.22. The molecule has 1 aliphatic carbocycles. The number of rotatable bonds is 9. The fraction of sp³-hybridized carbons (Fsp3) is 0.800.